The summed E-state index contributed by atoms with van der Waals surface area (Å²) >= 11 is 0. The first kappa shape index (κ1) is 22.5. The first-order chi connectivity index (χ1) is 17.0. The van der Waals surface area contributed by atoms with E-state index in [1.165, 1.54) is 42.5 Å². The summed E-state index contributed by atoms with van der Waals surface area (Å²) < 4.78 is 0. The number of hydrogen-bond donors (Lipinski definition) is 3. The maximum atomic E-state index is 13.0. The Hall–Kier alpha value is -3.00. The predicted octanol–water partition coefficient (Wildman–Crippen LogP) is 2.42. The van der Waals surface area contributed by atoms with Gasteiger partial charge in [0.1, 0.15) is 6.04 Å². The van der Waals surface area contributed by atoms with Crippen LogP contribution in [0.5, 0.6) is 0 Å². The zero-order chi connectivity index (χ0) is 23.9. The van der Waals surface area contributed by atoms with Crippen molar-refractivity contribution in [1.29, 1.82) is 0 Å². The van der Waals surface area contributed by atoms with Gasteiger partial charge in [0.2, 0.25) is 11.8 Å². The number of carbonyl (C=O) groups is 3. The van der Waals surface area contributed by atoms with Crippen LogP contribution in [-0.2, 0) is 35.4 Å². The molecule has 0 spiro atoms. The Labute approximate surface area is 205 Å². The fourth-order valence-corrected chi connectivity index (χ4v) is 6.58. The number of nitrogens with one attached hydrogen (secondary N) is 3. The molecule has 3 heterocycles. The van der Waals surface area contributed by atoms with E-state index < -0.39 is 6.04 Å². The van der Waals surface area contributed by atoms with Crippen molar-refractivity contribution in [2.75, 3.05) is 0 Å². The van der Waals surface area contributed by atoms with Gasteiger partial charge in [-0.2, -0.15) is 5.10 Å². The lowest BCUT2D eigenvalue weighted by Crippen LogP contribution is -2.52. The molecule has 1 aromatic heterocycles. The van der Waals surface area contributed by atoms with Gasteiger partial charge in [0.05, 0.1) is 6.20 Å². The molecular weight excluding hydrogens is 442 g/mol. The first-order valence-electron chi connectivity index (χ1n) is 13.1. The highest BCUT2D eigenvalue weighted by molar-refractivity contribution is 6.05. The highest BCUT2D eigenvalue weighted by Crippen LogP contribution is 2.32. The summed E-state index contributed by atoms with van der Waals surface area (Å²) in [6, 6.07) is 6.64. The van der Waals surface area contributed by atoms with E-state index in [-0.39, 0.29) is 24.1 Å². The van der Waals surface area contributed by atoms with Gasteiger partial charge in [-0.15, -0.1) is 0 Å². The predicted molar refractivity (Wildman–Crippen MR) is 129 cm³/mol. The number of carbonyl (C=O) groups excluding carboxylic acids is 3. The summed E-state index contributed by atoms with van der Waals surface area (Å²) in [6.45, 7) is 0.440. The molecule has 3 amide bonds. The second-order valence-corrected chi connectivity index (χ2v) is 10.7. The molecule has 8 nitrogen and oxygen atoms in total. The number of aromatic amines is 1. The number of piperidine rings is 1. The molecule has 0 bridgehead atoms. The summed E-state index contributed by atoms with van der Waals surface area (Å²) in [5.74, 6) is -0.141. The minimum atomic E-state index is -0.561. The Morgan fingerprint density at radius 1 is 1.03 bits per heavy atom. The van der Waals surface area contributed by atoms with E-state index in [9.17, 15) is 14.4 Å². The molecule has 4 aliphatic rings. The Morgan fingerprint density at radius 2 is 1.91 bits per heavy atom. The van der Waals surface area contributed by atoms with Crippen LogP contribution in [0, 0.1) is 5.92 Å². The van der Waals surface area contributed by atoms with Crippen LogP contribution in [0.4, 0.5) is 0 Å². The van der Waals surface area contributed by atoms with Gasteiger partial charge < -0.3 is 10.2 Å². The topological polar surface area (TPSA) is 107 Å². The second-order valence-electron chi connectivity index (χ2n) is 10.7. The van der Waals surface area contributed by atoms with E-state index >= 15 is 0 Å². The monoisotopic (exact) mass is 475 g/mol. The molecule has 1 aromatic carbocycles. The molecule has 184 valence electrons. The van der Waals surface area contributed by atoms with Crippen LogP contribution in [0.3, 0.4) is 0 Å². The molecule has 1 saturated carbocycles. The van der Waals surface area contributed by atoms with Crippen LogP contribution in [-0.4, -0.2) is 50.9 Å². The maximum absolute atomic E-state index is 13.0. The van der Waals surface area contributed by atoms with Crippen molar-refractivity contribution >= 4 is 17.7 Å². The maximum Gasteiger partial charge on any atom is 0.255 e. The number of aryl methyl sites for hydroxylation is 1. The summed E-state index contributed by atoms with van der Waals surface area (Å²) in [6.07, 6.45) is 11.9. The number of nitrogens with zero attached hydrogens (tertiary/aromatic N) is 2. The quantitative estimate of drug-likeness (QED) is 0.576. The van der Waals surface area contributed by atoms with Gasteiger partial charge in [0, 0.05) is 42.7 Å². The molecule has 0 radical (unpaired) electrons. The van der Waals surface area contributed by atoms with Crippen molar-refractivity contribution in [3.63, 3.8) is 0 Å². The number of H-pyrrole nitrogens is 1. The van der Waals surface area contributed by atoms with Gasteiger partial charge in [-0.1, -0.05) is 25.0 Å². The molecule has 6 rings (SSSR count). The Morgan fingerprint density at radius 3 is 2.80 bits per heavy atom. The lowest BCUT2D eigenvalue weighted by Gasteiger charge is -2.36. The first-order valence-corrected chi connectivity index (χ1v) is 13.1. The van der Waals surface area contributed by atoms with E-state index in [1.54, 1.807) is 4.90 Å². The van der Waals surface area contributed by atoms with E-state index in [0.717, 1.165) is 31.2 Å². The molecular formula is C27H33N5O3. The van der Waals surface area contributed by atoms with Crippen LogP contribution in [0.2, 0.25) is 0 Å². The molecule has 1 saturated heterocycles. The van der Waals surface area contributed by atoms with Crippen LogP contribution in [0.25, 0.3) is 0 Å². The molecule has 2 aliphatic heterocycles. The second kappa shape index (κ2) is 9.22. The average Bonchev–Trinajstić information content (AvgIpc) is 3.44. The number of benzene rings is 1. The van der Waals surface area contributed by atoms with E-state index in [4.69, 9.17) is 0 Å². The van der Waals surface area contributed by atoms with Crippen molar-refractivity contribution in [1.82, 2.24) is 25.7 Å². The van der Waals surface area contributed by atoms with Crippen LogP contribution < -0.4 is 10.6 Å². The van der Waals surface area contributed by atoms with Crippen molar-refractivity contribution in [3.05, 3.63) is 52.3 Å². The normalized spacial score (nSPS) is 28.6. The standard InChI is InChI=1S/C27H33N5O3/c33-25-10-9-24(26(34)30-25)32-15-19-12-16(5-8-21(19)27(32)35)11-17-3-1-2-4-22(17)29-20-7-6-18-14-28-31-23(18)13-20/h5,8,12,14,17,20,22,24,29H,1-4,6-7,9-11,13,15H2,(H,28,31)(H,30,33,34)/t17-,20-,22+,24?/m1/s1. The smallest absolute Gasteiger partial charge is 0.255 e. The average molecular weight is 476 g/mol. The zero-order valence-corrected chi connectivity index (χ0v) is 20.0. The summed E-state index contributed by atoms with van der Waals surface area (Å²) in [7, 11) is 0. The SMILES string of the molecule is O=C1CCC(N2Cc3cc(C[C@H]4CCCC[C@@H]4N[C@@H]4CCc5cn[nH]c5C4)ccc3C2=O)C(=O)N1. The Kier molecular flexibility index (Phi) is 5.92. The largest absolute Gasteiger partial charge is 0.322 e. The number of rotatable bonds is 5. The van der Waals surface area contributed by atoms with Gasteiger partial charge >= 0.3 is 0 Å². The van der Waals surface area contributed by atoms with Crippen LogP contribution >= 0.6 is 0 Å². The molecule has 4 atom stereocenters. The minimum Gasteiger partial charge on any atom is -0.322 e. The molecule has 2 fully saturated rings. The molecule has 8 heteroatoms. The zero-order valence-electron chi connectivity index (χ0n) is 20.0. The Bertz CT molecular complexity index is 1160. The third kappa shape index (κ3) is 4.40. The van der Waals surface area contributed by atoms with Gasteiger partial charge in [-0.3, -0.25) is 24.8 Å². The van der Waals surface area contributed by atoms with Crippen molar-refractivity contribution in [2.24, 2.45) is 5.92 Å². The molecule has 2 aliphatic carbocycles. The highest BCUT2D eigenvalue weighted by atomic mass is 16.2. The molecule has 3 N–H and O–H groups in total. The van der Waals surface area contributed by atoms with Crippen molar-refractivity contribution in [3.8, 4) is 0 Å². The molecule has 35 heavy (non-hydrogen) atoms. The molecule has 2 aromatic rings. The number of fused-ring (bicyclic) bond motifs is 2. The van der Waals surface area contributed by atoms with Crippen LogP contribution in [0.1, 0.15) is 77.7 Å². The summed E-state index contributed by atoms with van der Waals surface area (Å²) in [5, 5.41) is 13.8. The number of imide groups is 1. The number of hydrogen-bond acceptors (Lipinski definition) is 5. The Balaban J connectivity index is 1.12. The van der Waals surface area contributed by atoms with Crippen molar-refractivity contribution < 1.29 is 14.4 Å². The minimum absolute atomic E-state index is 0.103. The summed E-state index contributed by atoms with van der Waals surface area (Å²) in [4.78, 5) is 38.5. The molecule has 1 unspecified atom stereocenters. The third-order valence-electron chi connectivity index (χ3n) is 8.46. The van der Waals surface area contributed by atoms with E-state index in [1.807, 2.05) is 12.3 Å². The fraction of sp³-hybridized carbons (Fsp3) is 0.556. The number of amides is 3. The lowest BCUT2D eigenvalue weighted by atomic mass is 9.79. The van der Waals surface area contributed by atoms with E-state index in [0.29, 0.717) is 36.5 Å². The van der Waals surface area contributed by atoms with Gasteiger partial charge in [0.25, 0.3) is 5.91 Å². The lowest BCUT2D eigenvalue weighted by molar-refractivity contribution is -0.136. The third-order valence-corrected chi connectivity index (χ3v) is 8.46. The fourth-order valence-electron chi connectivity index (χ4n) is 6.58. The summed E-state index contributed by atoms with van der Waals surface area (Å²) in [5.41, 5.74) is 5.60. The van der Waals surface area contributed by atoms with Crippen LogP contribution in [0.15, 0.2) is 24.4 Å². The van der Waals surface area contributed by atoms with E-state index in [2.05, 4.69) is 33.0 Å². The van der Waals surface area contributed by atoms with Gasteiger partial charge in [-0.05, 0) is 67.2 Å². The van der Waals surface area contributed by atoms with Gasteiger partial charge in [0.15, 0.2) is 0 Å². The number of aromatic nitrogens is 2. The van der Waals surface area contributed by atoms with Gasteiger partial charge in [-0.25, -0.2) is 0 Å². The highest BCUT2D eigenvalue weighted by Gasteiger charge is 2.39. The van der Waals surface area contributed by atoms with Crippen molar-refractivity contribution in [2.45, 2.75) is 88.9 Å².